The van der Waals surface area contributed by atoms with Gasteiger partial charge in [-0.25, -0.2) is 4.39 Å². The standard InChI is InChI=1S/C13H17FN4O2S/c1-3-15-7-10-8-16-17-13(10)21(19,20)18-12-6-9(2)4-5-11(12)14/h4-6,8,15,18H,3,7H2,1-2H3,(H,16,17). The molecule has 0 unspecified atom stereocenters. The second-order valence-corrected chi connectivity index (χ2v) is 6.21. The summed E-state index contributed by atoms with van der Waals surface area (Å²) in [5.41, 5.74) is 1.17. The van der Waals surface area contributed by atoms with Crippen LogP contribution in [0.15, 0.2) is 29.4 Å². The Kier molecular flexibility index (Phi) is 4.59. The van der Waals surface area contributed by atoms with Gasteiger partial charge in [-0.2, -0.15) is 13.5 Å². The molecule has 0 aliphatic heterocycles. The molecule has 0 amide bonds. The number of aromatic amines is 1. The Bertz CT molecular complexity index is 728. The molecule has 0 saturated carbocycles. The Morgan fingerprint density at radius 1 is 1.38 bits per heavy atom. The lowest BCUT2D eigenvalue weighted by Gasteiger charge is -2.10. The number of anilines is 1. The van der Waals surface area contributed by atoms with Crippen LogP contribution in [-0.4, -0.2) is 25.2 Å². The van der Waals surface area contributed by atoms with Crippen molar-refractivity contribution in [2.45, 2.75) is 25.4 Å². The van der Waals surface area contributed by atoms with Gasteiger partial charge in [-0.3, -0.25) is 9.82 Å². The third kappa shape index (κ3) is 3.59. The van der Waals surface area contributed by atoms with Gasteiger partial charge >= 0.3 is 0 Å². The Balaban J connectivity index is 2.30. The summed E-state index contributed by atoms with van der Waals surface area (Å²) < 4.78 is 40.6. The maximum atomic E-state index is 13.7. The second kappa shape index (κ2) is 6.23. The molecule has 0 aliphatic carbocycles. The van der Waals surface area contributed by atoms with Crippen LogP contribution in [0, 0.1) is 12.7 Å². The number of aryl methyl sites for hydroxylation is 1. The number of H-pyrrole nitrogens is 1. The van der Waals surface area contributed by atoms with Gasteiger partial charge in [0, 0.05) is 12.1 Å². The predicted octanol–water partition coefficient (Wildman–Crippen LogP) is 1.77. The van der Waals surface area contributed by atoms with E-state index in [-0.39, 0.29) is 10.7 Å². The van der Waals surface area contributed by atoms with E-state index in [1.54, 1.807) is 13.0 Å². The van der Waals surface area contributed by atoms with Gasteiger partial charge in [0.1, 0.15) is 5.82 Å². The van der Waals surface area contributed by atoms with Crippen LogP contribution in [0.5, 0.6) is 0 Å². The third-order valence-electron chi connectivity index (χ3n) is 2.88. The number of hydrogen-bond acceptors (Lipinski definition) is 4. The van der Waals surface area contributed by atoms with Gasteiger partial charge < -0.3 is 5.32 Å². The minimum atomic E-state index is -3.92. The van der Waals surface area contributed by atoms with Crippen LogP contribution in [0.2, 0.25) is 0 Å². The molecule has 1 heterocycles. The fourth-order valence-corrected chi connectivity index (χ4v) is 3.02. The monoisotopic (exact) mass is 312 g/mol. The molecule has 0 fully saturated rings. The van der Waals surface area contributed by atoms with E-state index in [0.29, 0.717) is 18.7 Å². The first-order valence-electron chi connectivity index (χ1n) is 6.46. The second-order valence-electron chi connectivity index (χ2n) is 4.59. The van der Waals surface area contributed by atoms with E-state index >= 15 is 0 Å². The molecule has 1 aromatic carbocycles. The largest absolute Gasteiger partial charge is 0.313 e. The van der Waals surface area contributed by atoms with E-state index in [0.717, 1.165) is 5.56 Å². The van der Waals surface area contributed by atoms with Crippen molar-refractivity contribution < 1.29 is 12.8 Å². The zero-order valence-electron chi connectivity index (χ0n) is 11.8. The van der Waals surface area contributed by atoms with Gasteiger partial charge in [0.2, 0.25) is 0 Å². The molecule has 0 atom stereocenters. The summed E-state index contributed by atoms with van der Waals surface area (Å²) in [7, 11) is -3.92. The number of nitrogens with one attached hydrogen (secondary N) is 3. The molecule has 8 heteroatoms. The predicted molar refractivity (Wildman–Crippen MR) is 77.9 cm³/mol. The average Bonchev–Trinajstić information content (AvgIpc) is 2.89. The summed E-state index contributed by atoms with van der Waals surface area (Å²) >= 11 is 0. The lowest BCUT2D eigenvalue weighted by atomic mass is 10.2. The van der Waals surface area contributed by atoms with Crippen molar-refractivity contribution in [3.8, 4) is 0 Å². The summed E-state index contributed by atoms with van der Waals surface area (Å²) in [6, 6.07) is 4.23. The Morgan fingerprint density at radius 2 is 2.14 bits per heavy atom. The van der Waals surface area contributed by atoms with Crippen molar-refractivity contribution in [1.29, 1.82) is 0 Å². The van der Waals surface area contributed by atoms with Gasteiger partial charge in [0.25, 0.3) is 10.0 Å². The number of halogens is 1. The molecule has 1 aromatic heterocycles. The SMILES string of the molecule is CCNCc1cn[nH]c1S(=O)(=O)Nc1cc(C)ccc1F. The summed E-state index contributed by atoms with van der Waals surface area (Å²) in [6.45, 7) is 4.73. The highest BCUT2D eigenvalue weighted by Gasteiger charge is 2.22. The molecular weight excluding hydrogens is 295 g/mol. The number of rotatable bonds is 6. The molecule has 6 nitrogen and oxygen atoms in total. The number of sulfonamides is 1. The quantitative estimate of drug-likeness (QED) is 0.758. The number of hydrogen-bond donors (Lipinski definition) is 3. The van der Waals surface area contributed by atoms with E-state index in [2.05, 4.69) is 20.2 Å². The van der Waals surface area contributed by atoms with E-state index in [4.69, 9.17) is 0 Å². The molecule has 0 radical (unpaired) electrons. The first-order chi connectivity index (χ1) is 9.94. The van der Waals surface area contributed by atoms with Gasteiger partial charge in [-0.05, 0) is 31.2 Å². The smallest absolute Gasteiger partial charge is 0.279 e. The molecule has 0 spiro atoms. The Morgan fingerprint density at radius 3 is 2.86 bits per heavy atom. The minimum absolute atomic E-state index is 0.0654. The first kappa shape index (κ1) is 15.5. The van der Waals surface area contributed by atoms with Crippen molar-refractivity contribution in [3.63, 3.8) is 0 Å². The maximum absolute atomic E-state index is 13.7. The fourth-order valence-electron chi connectivity index (χ4n) is 1.83. The number of aromatic nitrogens is 2. The van der Waals surface area contributed by atoms with Gasteiger partial charge in [0.15, 0.2) is 5.03 Å². The zero-order valence-corrected chi connectivity index (χ0v) is 12.6. The number of nitrogens with zero attached hydrogens (tertiary/aromatic N) is 1. The van der Waals surface area contributed by atoms with Gasteiger partial charge in [0.05, 0.1) is 11.9 Å². The highest BCUT2D eigenvalue weighted by Crippen LogP contribution is 2.21. The van der Waals surface area contributed by atoms with Crippen LogP contribution in [-0.2, 0) is 16.6 Å². The van der Waals surface area contributed by atoms with E-state index < -0.39 is 15.8 Å². The Labute approximate surface area is 122 Å². The van der Waals surface area contributed by atoms with Crippen molar-refractivity contribution in [1.82, 2.24) is 15.5 Å². The summed E-state index contributed by atoms with van der Waals surface area (Å²) in [5, 5.41) is 9.15. The lowest BCUT2D eigenvalue weighted by Crippen LogP contribution is -2.19. The lowest BCUT2D eigenvalue weighted by molar-refractivity contribution is 0.592. The number of benzene rings is 1. The first-order valence-corrected chi connectivity index (χ1v) is 7.94. The highest BCUT2D eigenvalue weighted by molar-refractivity contribution is 7.92. The van der Waals surface area contributed by atoms with Crippen LogP contribution in [0.4, 0.5) is 10.1 Å². The minimum Gasteiger partial charge on any atom is -0.313 e. The maximum Gasteiger partial charge on any atom is 0.279 e. The summed E-state index contributed by atoms with van der Waals surface area (Å²) in [4.78, 5) is 0. The molecule has 114 valence electrons. The molecule has 2 aromatic rings. The normalized spacial score (nSPS) is 11.6. The molecule has 0 aliphatic rings. The van der Waals surface area contributed by atoms with Crippen LogP contribution in [0.25, 0.3) is 0 Å². The van der Waals surface area contributed by atoms with Crippen LogP contribution in [0.3, 0.4) is 0 Å². The molecule has 21 heavy (non-hydrogen) atoms. The molecule has 0 bridgehead atoms. The van der Waals surface area contributed by atoms with Crippen molar-refractivity contribution in [3.05, 3.63) is 41.3 Å². The van der Waals surface area contributed by atoms with Crippen LogP contribution in [0.1, 0.15) is 18.1 Å². The van der Waals surface area contributed by atoms with Crippen molar-refractivity contribution >= 4 is 15.7 Å². The summed E-state index contributed by atoms with van der Waals surface area (Å²) in [6.07, 6.45) is 1.43. The fraction of sp³-hybridized carbons (Fsp3) is 0.308. The van der Waals surface area contributed by atoms with E-state index in [1.807, 2.05) is 6.92 Å². The van der Waals surface area contributed by atoms with E-state index in [1.165, 1.54) is 18.3 Å². The van der Waals surface area contributed by atoms with Gasteiger partial charge in [-0.1, -0.05) is 13.0 Å². The average molecular weight is 312 g/mol. The molecular formula is C13H17FN4O2S. The van der Waals surface area contributed by atoms with Crippen LogP contribution < -0.4 is 10.0 Å². The van der Waals surface area contributed by atoms with Gasteiger partial charge in [-0.15, -0.1) is 0 Å². The highest BCUT2D eigenvalue weighted by atomic mass is 32.2. The summed E-state index contributed by atoms with van der Waals surface area (Å²) in [5.74, 6) is -0.628. The Hall–Kier alpha value is -1.93. The van der Waals surface area contributed by atoms with E-state index in [9.17, 15) is 12.8 Å². The van der Waals surface area contributed by atoms with Crippen LogP contribution >= 0.6 is 0 Å². The molecule has 3 N–H and O–H groups in total. The zero-order chi connectivity index (χ0) is 15.5. The molecule has 0 saturated heterocycles. The topological polar surface area (TPSA) is 86.9 Å². The van der Waals surface area contributed by atoms with Crippen molar-refractivity contribution in [2.24, 2.45) is 0 Å². The van der Waals surface area contributed by atoms with Crippen molar-refractivity contribution in [2.75, 3.05) is 11.3 Å². The molecule has 2 rings (SSSR count). The third-order valence-corrected chi connectivity index (χ3v) is 4.26.